The monoisotopic (exact) mass is 388 g/mol. The number of halogens is 1. The predicted octanol–water partition coefficient (Wildman–Crippen LogP) is 5.92. The summed E-state index contributed by atoms with van der Waals surface area (Å²) in [7, 11) is 0. The molecule has 0 N–H and O–H groups in total. The zero-order valence-corrected chi connectivity index (χ0v) is 15.2. The zero-order chi connectivity index (χ0) is 14.6. The van der Waals surface area contributed by atoms with E-state index in [-0.39, 0.29) is 0 Å². The molecule has 0 radical (unpaired) electrons. The van der Waals surface area contributed by atoms with Crippen molar-refractivity contribution in [3.8, 4) is 0 Å². The van der Waals surface area contributed by atoms with Crippen LogP contribution in [0.2, 0.25) is 0 Å². The number of rotatable bonds is 6. The number of carbonyl (C=O) groups is 1. The normalized spacial score (nSPS) is 33.0. The van der Waals surface area contributed by atoms with Crippen LogP contribution < -0.4 is 0 Å². The fourth-order valence-corrected chi connectivity index (χ4v) is 5.33. The fraction of sp³-hybridized carbons (Fsp3) is 0.833. The largest absolute Gasteiger partial charge is 0.295 e. The molecule has 2 heteroatoms. The summed E-state index contributed by atoms with van der Waals surface area (Å²) in [4.78, 5) is 12.0. The summed E-state index contributed by atoms with van der Waals surface area (Å²) in [5.41, 5.74) is 0.482. The van der Waals surface area contributed by atoms with E-state index in [9.17, 15) is 4.79 Å². The Bertz CT molecular complexity index is 348. The van der Waals surface area contributed by atoms with Crippen LogP contribution in [-0.2, 0) is 4.79 Å². The van der Waals surface area contributed by atoms with E-state index < -0.39 is 0 Å². The minimum atomic E-state index is 0.318. The molecule has 2 fully saturated rings. The molecule has 0 aromatic rings. The lowest BCUT2D eigenvalue weighted by Crippen LogP contribution is -2.48. The second-order valence-electron chi connectivity index (χ2n) is 6.93. The van der Waals surface area contributed by atoms with Crippen molar-refractivity contribution in [1.82, 2.24) is 0 Å². The number of ketones is 1. The van der Waals surface area contributed by atoms with Crippen LogP contribution in [0.3, 0.4) is 0 Å². The summed E-state index contributed by atoms with van der Waals surface area (Å²) in [5.74, 6) is 2.48. The number of carbonyl (C=O) groups excluding carboxylic acids is 1. The molecule has 2 aliphatic carbocycles. The van der Waals surface area contributed by atoms with Gasteiger partial charge in [0.15, 0.2) is 5.78 Å². The van der Waals surface area contributed by atoms with Crippen LogP contribution in [-0.4, -0.2) is 5.78 Å². The van der Waals surface area contributed by atoms with Gasteiger partial charge in [-0.05, 0) is 40.3 Å². The van der Waals surface area contributed by atoms with Crippen LogP contribution in [0.1, 0.15) is 71.6 Å². The molecule has 0 amide bonds. The maximum atomic E-state index is 12.0. The third-order valence-electron chi connectivity index (χ3n) is 6.08. The van der Waals surface area contributed by atoms with Crippen LogP contribution in [0.15, 0.2) is 10.2 Å². The van der Waals surface area contributed by atoms with Crippen LogP contribution in [0.5, 0.6) is 0 Å². The number of allylic oxidation sites excluding steroid dienone is 1. The maximum absolute atomic E-state index is 12.0. The molecule has 0 bridgehead atoms. The summed E-state index contributed by atoms with van der Waals surface area (Å²) >= 11 is 2.15. The van der Waals surface area contributed by atoms with Crippen LogP contribution in [0.25, 0.3) is 0 Å². The summed E-state index contributed by atoms with van der Waals surface area (Å²) in [6.07, 6.45) is 13.8. The molecule has 1 atom stereocenters. The molecule has 2 saturated carbocycles. The first-order valence-electron chi connectivity index (χ1n) is 8.47. The minimum Gasteiger partial charge on any atom is -0.295 e. The van der Waals surface area contributed by atoms with Gasteiger partial charge in [0.25, 0.3) is 0 Å². The van der Waals surface area contributed by atoms with Gasteiger partial charge in [-0.3, -0.25) is 4.79 Å². The fourth-order valence-electron chi connectivity index (χ4n) is 4.98. The van der Waals surface area contributed by atoms with E-state index in [2.05, 4.69) is 36.4 Å². The van der Waals surface area contributed by atoms with Gasteiger partial charge in [-0.1, -0.05) is 81.4 Å². The highest BCUT2D eigenvalue weighted by molar-refractivity contribution is 14.1. The highest BCUT2D eigenvalue weighted by atomic mass is 127. The second-order valence-corrected chi connectivity index (χ2v) is 7.65. The first-order valence-corrected chi connectivity index (χ1v) is 9.72. The molecule has 1 nitrogen and oxygen atoms in total. The highest BCUT2D eigenvalue weighted by Gasteiger charge is 2.51. The van der Waals surface area contributed by atoms with Gasteiger partial charge in [-0.25, -0.2) is 0 Å². The third-order valence-corrected chi connectivity index (χ3v) is 6.44. The van der Waals surface area contributed by atoms with E-state index in [4.69, 9.17) is 0 Å². The Balaban J connectivity index is 2.01. The molecule has 20 heavy (non-hydrogen) atoms. The average molecular weight is 388 g/mol. The van der Waals surface area contributed by atoms with E-state index >= 15 is 0 Å². The van der Waals surface area contributed by atoms with Gasteiger partial charge in [0.1, 0.15) is 0 Å². The first kappa shape index (κ1) is 16.5. The molecule has 114 valence electrons. The van der Waals surface area contributed by atoms with Gasteiger partial charge >= 0.3 is 0 Å². The van der Waals surface area contributed by atoms with Gasteiger partial charge in [0.05, 0.1) is 0 Å². The Morgan fingerprint density at radius 1 is 1.25 bits per heavy atom. The molecule has 0 aromatic heterocycles. The van der Waals surface area contributed by atoms with E-state index in [0.717, 1.165) is 24.7 Å². The molecule has 2 aliphatic rings. The van der Waals surface area contributed by atoms with Gasteiger partial charge in [-0.15, -0.1) is 0 Å². The van der Waals surface area contributed by atoms with Crippen molar-refractivity contribution in [2.24, 2.45) is 23.2 Å². The van der Waals surface area contributed by atoms with Crippen molar-refractivity contribution in [2.75, 3.05) is 0 Å². The van der Waals surface area contributed by atoms with Crippen LogP contribution in [0, 0.1) is 23.2 Å². The molecule has 1 unspecified atom stereocenters. The molecule has 0 spiro atoms. The average Bonchev–Trinajstić information content (AvgIpc) is 2.43. The van der Waals surface area contributed by atoms with Crippen LogP contribution >= 0.6 is 22.6 Å². The van der Waals surface area contributed by atoms with Crippen molar-refractivity contribution in [3.05, 3.63) is 10.2 Å². The van der Waals surface area contributed by atoms with Gasteiger partial charge < -0.3 is 0 Å². The van der Waals surface area contributed by atoms with Crippen molar-refractivity contribution < 1.29 is 4.79 Å². The van der Waals surface area contributed by atoms with E-state index in [1.165, 1.54) is 44.9 Å². The quantitative estimate of drug-likeness (QED) is 0.408. The second kappa shape index (κ2) is 7.42. The Kier molecular flexibility index (Phi) is 6.12. The highest BCUT2D eigenvalue weighted by Crippen LogP contribution is 2.58. The van der Waals surface area contributed by atoms with E-state index in [0.29, 0.717) is 17.1 Å². The Labute approximate surface area is 138 Å². The molecule has 2 rings (SSSR count). The van der Waals surface area contributed by atoms with Crippen molar-refractivity contribution >= 4 is 28.4 Å². The standard InChI is InChI=1S/C18H29IO/c1-3-16(14-8-6-5-7-9-14)18(4-2)12-15(13-18)17(20)10-11-19/h10-11,14-16H,3-9,12-13H2,1-2H3/b11-10+. The van der Waals surface area contributed by atoms with Gasteiger partial charge in [-0.2, -0.15) is 0 Å². The van der Waals surface area contributed by atoms with Crippen molar-refractivity contribution in [2.45, 2.75) is 71.6 Å². The third kappa shape index (κ3) is 3.31. The smallest absolute Gasteiger partial charge is 0.159 e. The zero-order valence-electron chi connectivity index (χ0n) is 13.0. The van der Waals surface area contributed by atoms with Crippen molar-refractivity contribution in [1.29, 1.82) is 0 Å². The summed E-state index contributed by atoms with van der Waals surface area (Å²) in [6.45, 7) is 4.72. The molecule has 0 aliphatic heterocycles. The topological polar surface area (TPSA) is 17.1 Å². The maximum Gasteiger partial charge on any atom is 0.159 e. The molecular formula is C18H29IO. The number of hydrogen-bond acceptors (Lipinski definition) is 1. The number of hydrogen-bond donors (Lipinski definition) is 0. The lowest BCUT2D eigenvalue weighted by atomic mass is 9.50. The lowest BCUT2D eigenvalue weighted by molar-refractivity contribution is -0.130. The minimum absolute atomic E-state index is 0.318. The SMILES string of the molecule is CCC(C1CCCCC1)C1(CC)CC(C(=O)/C=C/I)C1. The van der Waals surface area contributed by atoms with Crippen LogP contribution in [0.4, 0.5) is 0 Å². The van der Waals surface area contributed by atoms with Gasteiger partial charge in [0, 0.05) is 5.92 Å². The summed E-state index contributed by atoms with van der Waals surface area (Å²) in [6, 6.07) is 0. The van der Waals surface area contributed by atoms with E-state index in [1.54, 1.807) is 6.08 Å². The Morgan fingerprint density at radius 2 is 1.90 bits per heavy atom. The Hall–Kier alpha value is 0.140. The lowest BCUT2D eigenvalue weighted by Gasteiger charge is -2.54. The molecule has 0 saturated heterocycles. The first-order chi connectivity index (χ1) is 9.66. The summed E-state index contributed by atoms with van der Waals surface area (Å²) in [5, 5.41) is 0. The Morgan fingerprint density at radius 3 is 2.40 bits per heavy atom. The summed E-state index contributed by atoms with van der Waals surface area (Å²) < 4.78 is 1.87. The molecule has 0 heterocycles. The molecule has 0 aromatic carbocycles. The predicted molar refractivity (Wildman–Crippen MR) is 94.0 cm³/mol. The van der Waals surface area contributed by atoms with Crippen molar-refractivity contribution in [3.63, 3.8) is 0 Å². The van der Waals surface area contributed by atoms with E-state index in [1.807, 2.05) is 4.08 Å². The van der Waals surface area contributed by atoms with Gasteiger partial charge in [0.2, 0.25) is 0 Å². The molecular weight excluding hydrogens is 359 g/mol.